The molecule has 1 aromatic heterocycles. The number of aromatic nitrogens is 1. The van der Waals surface area contributed by atoms with Crippen LogP contribution in [0.1, 0.15) is 32.7 Å². The summed E-state index contributed by atoms with van der Waals surface area (Å²) in [5.74, 6) is 0.588. The first-order valence-electron chi connectivity index (χ1n) is 9.32. The summed E-state index contributed by atoms with van der Waals surface area (Å²) in [4.78, 5) is 17.6. The zero-order valence-corrected chi connectivity index (χ0v) is 16.2. The standard InChI is InChI=1S/C25H16ClNO2/c26-22-14-18(27-23-8-4-3-7-20(22)23)11-9-16-10-12-24-21(13-16)25(28)19-6-2-1-5-17(19)15-29-24/h1-14H,15H2/b11-9+. The number of halogens is 1. The molecule has 1 aliphatic heterocycles. The van der Waals surface area contributed by atoms with Gasteiger partial charge in [-0.15, -0.1) is 0 Å². The third kappa shape index (κ3) is 3.30. The van der Waals surface area contributed by atoms with E-state index in [4.69, 9.17) is 16.3 Å². The van der Waals surface area contributed by atoms with Gasteiger partial charge in [0.2, 0.25) is 0 Å². The van der Waals surface area contributed by atoms with Crippen LogP contribution in [0.25, 0.3) is 23.1 Å². The second-order valence-electron chi connectivity index (χ2n) is 6.91. The normalized spacial score (nSPS) is 13.1. The van der Waals surface area contributed by atoms with Crippen LogP contribution in [0.2, 0.25) is 5.02 Å². The van der Waals surface area contributed by atoms with Crippen LogP contribution in [-0.2, 0) is 6.61 Å². The van der Waals surface area contributed by atoms with Crippen molar-refractivity contribution in [3.8, 4) is 5.75 Å². The van der Waals surface area contributed by atoms with Gasteiger partial charge < -0.3 is 4.74 Å². The van der Waals surface area contributed by atoms with Gasteiger partial charge in [0.25, 0.3) is 0 Å². The Morgan fingerprint density at radius 3 is 2.66 bits per heavy atom. The molecule has 0 fully saturated rings. The highest BCUT2D eigenvalue weighted by molar-refractivity contribution is 6.35. The van der Waals surface area contributed by atoms with E-state index in [0.717, 1.165) is 27.7 Å². The van der Waals surface area contributed by atoms with Gasteiger partial charge in [-0.25, -0.2) is 4.98 Å². The van der Waals surface area contributed by atoms with Gasteiger partial charge >= 0.3 is 0 Å². The number of fused-ring (bicyclic) bond motifs is 3. The molecule has 1 aliphatic rings. The molecule has 2 heterocycles. The average molecular weight is 398 g/mol. The second-order valence-corrected chi connectivity index (χ2v) is 7.32. The number of benzene rings is 3. The Hall–Kier alpha value is -3.43. The number of hydrogen-bond donors (Lipinski definition) is 0. The van der Waals surface area contributed by atoms with E-state index in [-0.39, 0.29) is 5.78 Å². The van der Waals surface area contributed by atoms with Crippen LogP contribution < -0.4 is 4.74 Å². The van der Waals surface area contributed by atoms with E-state index >= 15 is 0 Å². The molecule has 0 bridgehead atoms. The van der Waals surface area contributed by atoms with E-state index < -0.39 is 0 Å². The van der Waals surface area contributed by atoms with Crippen molar-refractivity contribution < 1.29 is 9.53 Å². The van der Waals surface area contributed by atoms with Crippen molar-refractivity contribution in [2.24, 2.45) is 0 Å². The quantitative estimate of drug-likeness (QED) is 0.405. The van der Waals surface area contributed by atoms with Crippen molar-refractivity contribution >= 4 is 40.4 Å². The maximum Gasteiger partial charge on any atom is 0.197 e. The molecule has 0 aliphatic carbocycles. The molecule has 0 saturated carbocycles. The highest BCUT2D eigenvalue weighted by Crippen LogP contribution is 2.30. The average Bonchev–Trinajstić information content (AvgIpc) is 2.89. The second kappa shape index (κ2) is 7.19. The molecule has 0 saturated heterocycles. The third-order valence-corrected chi connectivity index (χ3v) is 5.34. The number of ketones is 1. The molecule has 3 aromatic carbocycles. The number of nitrogens with zero attached hydrogens (tertiary/aromatic N) is 1. The molecule has 0 radical (unpaired) electrons. The minimum Gasteiger partial charge on any atom is -0.488 e. The lowest BCUT2D eigenvalue weighted by molar-refractivity contribution is 0.103. The first kappa shape index (κ1) is 17.7. The molecule has 0 spiro atoms. The Labute approximate surface area is 173 Å². The summed E-state index contributed by atoms with van der Waals surface area (Å²) in [6, 6.07) is 22.8. The summed E-state index contributed by atoms with van der Waals surface area (Å²) in [5.41, 5.74) is 4.67. The van der Waals surface area contributed by atoms with Crippen molar-refractivity contribution in [3.63, 3.8) is 0 Å². The van der Waals surface area contributed by atoms with Crippen molar-refractivity contribution in [2.45, 2.75) is 6.61 Å². The fourth-order valence-electron chi connectivity index (χ4n) is 3.54. The largest absolute Gasteiger partial charge is 0.488 e. The van der Waals surface area contributed by atoms with Crippen molar-refractivity contribution in [2.75, 3.05) is 0 Å². The van der Waals surface area contributed by atoms with E-state index in [1.165, 1.54) is 0 Å². The fourth-order valence-corrected chi connectivity index (χ4v) is 3.81. The molecule has 5 rings (SSSR count). The number of carbonyl (C=O) groups excluding carboxylic acids is 1. The van der Waals surface area contributed by atoms with Gasteiger partial charge in [-0.2, -0.15) is 0 Å². The number of hydrogen-bond acceptors (Lipinski definition) is 3. The molecule has 0 N–H and O–H groups in total. The van der Waals surface area contributed by atoms with Crippen molar-refractivity contribution in [1.29, 1.82) is 0 Å². The van der Waals surface area contributed by atoms with E-state index in [1.54, 1.807) is 0 Å². The summed E-state index contributed by atoms with van der Waals surface area (Å²) in [6.45, 7) is 0.392. The van der Waals surface area contributed by atoms with Gasteiger partial charge in [-0.1, -0.05) is 66.2 Å². The van der Waals surface area contributed by atoms with Crippen LogP contribution in [-0.4, -0.2) is 10.8 Å². The molecule has 140 valence electrons. The molecule has 29 heavy (non-hydrogen) atoms. The van der Waals surface area contributed by atoms with E-state index in [0.29, 0.717) is 28.5 Å². The Bertz CT molecular complexity index is 1290. The number of carbonyl (C=O) groups is 1. The van der Waals surface area contributed by atoms with Gasteiger partial charge in [0.05, 0.1) is 21.8 Å². The third-order valence-electron chi connectivity index (χ3n) is 5.03. The zero-order chi connectivity index (χ0) is 19.8. The highest BCUT2D eigenvalue weighted by atomic mass is 35.5. The first-order chi connectivity index (χ1) is 14.2. The van der Waals surface area contributed by atoms with Gasteiger partial charge in [-0.05, 0) is 35.9 Å². The summed E-state index contributed by atoms with van der Waals surface area (Å²) < 4.78 is 5.85. The minimum absolute atomic E-state index is 0.0183. The van der Waals surface area contributed by atoms with Gasteiger partial charge in [0.15, 0.2) is 5.78 Å². The Morgan fingerprint density at radius 2 is 1.72 bits per heavy atom. The summed E-state index contributed by atoms with van der Waals surface area (Å²) >= 11 is 6.39. The van der Waals surface area contributed by atoms with Crippen molar-refractivity contribution in [3.05, 3.63) is 106 Å². The fraction of sp³-hybridized carbons (Fsp3) is 0.0400. The molecule has 3 nitrogen and oxygen atoms in total. The Morgan fingerprint density at radius 1 is 0.897 bits per heavy atom. The number of rotatable bonds is 2. The van der Waals surface area contributed by atoms with Crippen LogP contribution in [0, 0.1) is 0 Å². The lowest BCUT2D eigenvalue weighted by Crippen LogP contribution is -2.02. The van der Waals surface area contributed by atoms with E-state index in [2.05, 4.69) is 4.98 Å². The summed E-state index contributed by atoms with van der Waals surface area (Å²) in [5, 5.41) is 1.59. The first-order valence-corrected chi connectivity index (χ1v) is 9.70. The molecule has 0 amide bonds. The summed E-state index contributed by atoms with van der Waals surface area (Å²) in [6.07, 6.45) is 3.83. The van der Waals surface area contributed by atoms with E-state index in [9.17, 15) is 4.79 Å². The summed E-state index contributed by atoms with van der Waals surface area (Å²) in [7, 11) is 0. The SMILES string of the molecule is O=C1c2ccccc2COc2ccc(/C=C/c3cc(Cl)c4ccccc4n3)cc21. The molecule has 4 heteroatoms. The predicted octanol–water partition coefficient (Wildman–Crippen LogP) is 6.18. The van der Waals surface area contributed by atoms with Crippen LogP contribution >= 0.6 is 11.6 Å². The smallest absolute Gasteiger partial charge is 0.197 e. The highest BCUT2D eigenvalue weighted by Gasteiger charge is 2.21. The Balaban J connectivity index is 1.51. The molecule has 0 unspecified atom stereocenters. The minimum atomic E-state index is -0.0183. The van der Waals surface area contributed by atoms with Gasteiger partial charge in [0, 0.05) is 16.5 Å². The van der Waals surface area contributed by atoms with Gasteiger partial charge in [0.1, 0.15) is 12.4 Å². The lowest BCUT2D eigenvalue weighted by Gasteiger charge is -2.07. The topological polar surface area (TPSA) is 39.2 Å². The van der Waals surface area contributed by atoms with E-state index in [1.807, 2.05) is 84.9 Å². The maximum absolute atomic E-state index is 13.0. The predicted molar refractivity (Wildman–Crippen MR) is 116 cm³/mol. The van der Waals surface area contributed by atoms with Crippen molar-refractivity contribution in [1.82, 2.24) is 4.98 Å². The number of pyridine rings is 1. The van der Waals surface area contributed by atoms with Gasteiger partial charge in [-0.3, -0.25) is 4.79 Å². The number of para-hydroxylation sites is 1. The maximum atomic E-state index is 13.0. The number of ether oxygens (including phenoxy) is 1. The van der Waals surface area contributed by atoms with Crippen LogP contribution in [0.15, 0.2) is 72.8 Å². The molecular formula is C25H16ClNO2. The Kier molecular flexibility index (Phi) is 4.38. The lowest BCUT2D eigenvalue weighted by atomic mass is 9.98. The van der Waals surface area contributed by atoms with Crippen LogP contribution in [0.4, 0.5) is 0 Å². The molecule has 4 aromatic rings. The zero-order valence-electron chi connectivity index (χ0n) is 15.4. The van der Waals surface area contributed by atoms with Crippen LogP contribution in [0.3, 0.4) is 0 Å². The van der Waals surface area contributed by atoms with Crippen LogP contribution in [0.5, 0.6) is 5.75 Å². The molecular weight excluding hydrogens is 382 g/mol. The monoisotopic (exact) mass is 397 g/mol. The molecule has 0 atom stereocenters.